The molecule has 15 heavy (non-hydrogen) atoms. The van der Waals surface area contributed by atoms with Gasteiger partial charge in [-0.05, 0) is 12.8 Å². The van der Waals surface area contributed by atoms with Crippen molar-refractivity contribution >= 4 is 11.7 Å². The highest BCUT2D eigenvalue weighted by Crippen LogP contribution is 2.09. The average molecular weight is 207 g/mol. The first kappa shape index (κ1) is 11.7. The Bertz CT molecular complexity index is 314. The van der Waals surface area contributed by atoms with Gasteiger partial charge in [0.25, 0.3) is 5.91 Å². The van der Waals surface area contributed by atoms with Gasteiger partial charge in [0.15, 0.2) is 5.78 Å². The highest BCUT2D eigenvalue weighted by Gasteiger charge is 2.11. The maximum atomic E-state index is 11.5. The first-order chi connectivity index (χ1) is 7.11. The summed E-state index contributed by atoms with van der Waals surface area (Å²) in [4.78, 5) is 22.8. The fourth-order valence-corrected chi connectivity index (χ4v) is 1.26. The van der Waals surface area contributed by atoms with Crippen molar-refractivity contribution in [3.05, 3.63) is 23.8 Å². The molecule has 0 aromatic carbocycles. The predicted molar refractivity (Wildman–Crippen MR) is 59.3 cm³/mol. The lowest BCUT2D eigenvalue weighted by atomic mass is 10.1. The molecule has 82 valence electrons. The Labute approximate surface area is 90.2 Å². The van der Waals surface area contributed by atoms with Gasteiger partial charge in [-0.25, -0.2) is 0 Å². The third kappa shape index (κ3) is 3.70. The predicted octanol–water partition coefficient (Wildman–Crippen LogP) is 1.60. The number of carbonyl (C=O) groups is 2. The number of amides is 1. The van der Waals surface area contributed by atoms with Crippen LogP contribution in [0.2, 0.25) is 0 Å². The molecular formula is C12H17NO2. The molecule has 0 spiro atoms. The number of rotatable bonds is 4. The molecule has 3 heteroatoms. The van der Waals surface area contributed by atoms with E-state index < -0.39 is 0 Å². The molecule has 3 nitrogen and oxygen atoms in total. The summed E-state index contributed by atoms with van der Waals surface area (Å²) in [7, 11) is 0. The van der Waals surface area contributed by atoms with Gasteiger partial charge in [-0.3, -0.25) is 9.59 Å². The van der Waals surface area contributed by atoms with Crippen LogP contribution in [0.15, 0.2) is 23.8 Å². The largest absolute Gasteiger partial charge is 0.345 e. The van der Waals surface area contributed by atoms with E-state index in [0.717, 1.165) is 12.8 Å². The Kier molecular flexibility index (Phi) is 4.28. The standard InChI is InChI=1S/C12H17NO2/c1-9(2)11(14)8-13-12(15)10-6-4-3-5-7-10/h4,6-7,9H,3,5,8H2,1-2H3,(H,13,15). The van der Waals surface area contributed by atoms with Crippen molar-refractivity contribution in [1.82, 2.24) is 5.32 Å². The smallest absolute Gasteiger partial charge is 0.251 e. The molecule has 0 unspecified atom stereocenters. The molecule has 0 bridgehead atoms. The Morgan fingerprint density at radius 1 is 1.40 bits per heavy atom. The number of nitrogens with one attached hydrogen (secondary N) is 1. The lowest BCUT2D eigenvalue weighted by Gasteiger charge is -2.09. The summed E-state index contributed by atoms with van der Waals surface area (Å²) in [6.07, 6.45) is 7.56. The Hall–Kier alpha value is -1.38. The molecular weight excluding hydrogens is 190 g/mol. The Balaban J connectivity index is 2.39. The molecule has 0 fully saturated rings. The van der Waals surface area contributed by atoms with Crippen LogP contribution in [0.5, 0.6) is 0 Å². The minimum absolute atomic E-state index is 0.0267. The number of carbonyl (C=O) groups excluding carboxylic acids is 2. The van der Waals surface area contributed by atoms with E-state index in [1.165, 1.54) is 0 Å². The summed E-state index contributed by atoms with van der Waals surface area (Å²) in [5, 5.41) is 2.63. The third-order valence-electron chi connectivity index (χ3n) is 2.32. The van der Waals surface area contributed by atoms with E-state index in [1.807, 2.05) is 26.0 Å². The number of allylic oxidation sites excluding steroid dienone is 2. The van der Waals surface area contributed by atoms with Gasteiger partial charge in [0.2, 0.25) is 0 Å². The van der Waals surface area contributed by atoms with Crippen molar-refractivity contribution in [3.8, 4) is 0 Å². The third-order valence-corrected chi connectivity index (χ3v) is 2.32. The molecule has 1 N–H and O–H groups in total. The molecule has 0 saturated heterocycles. The number of Topliss-reactive ketones (excluding diaryl/α,β-unsaturated/α-hetero) is 1. The lowest BCUT2D eigenvalue weighted by molar-refractivity contribution is -0.124. The second-order valence-electron chi connectivity index (χ2n) is 3.94. The molecule has 0 aliphatic heterocycles. The molecule has 0 saturated carbocycles. The highest BCUT2D eigenvalue weighted by molar-refractivity contribution is 5.98. The Morgan fingerprint density at radius 3 is 2.67 bits per heavy atom. The van der Waals surface area contributed by atoms with Crippen LogP contribution in [-0.2, 0) is 9.59 Å². The normalized spacial score (nSPS) is 15.0. The summed E-state index contributed by atoms with van der Waals surface area (Å²) in [6, 6.07) is 0. The van der Waals surface area contributed by atoms with Gasteiger partial charge in [0.05, 0.1) is 6.54 Å². The summed E-state index contributed by atoms with van der Waals surface area (Å²) in [6.45, 7) is 3.78. The summed E-state index contributed by atoms with van der Waals surface area (Å²) in [5.41, 5.74) is 0.665. The van der Waals surface area contributed by atoms with Gasteiger partial charge in [-0.2, -0.15) is 0 Å². The summed E-state index contributed by atoms with van der Waals surface area (Å²) in [5.74, 6) is -0.120. The van der Waals surface area contributed by atoms with Gasteiger partial charge in [-0.1, -0.05) is 32.1 Å². The topological polar surface area (TPSA) is 46.2 Å². The zero-order valence-electron chi connectivity index (χ0n) is 9.25. The van der Waals surface area contributed by atoms with Crippen LogP contribution in [0.3, 0.4) is 0 Å². The first-order valence-electron chi connectivity index (χ1n) is 5.29. The first-order valence-corrected chi connectivity index (χ1v) is 5.29. The average Bonchev–Trinajstić information content (AvgIpc) is 2.26. The number of hydrogen-bond donors (Lipinski definition) is 1. The zero-order valence-corrected chi connectivity index (χ0v) is 9.25. The molecule has 0 aromatic heterocycles. The minimum Gasteiger partial charge on any atom is -0.345 e. The van der Waals surface area contributed by atoms with Crippen LogP contribution in [0.1, 0.15) is 26.7 Å². The van der Waals surface area contributed by atoms with Crippen molar-refractivity contribution in [2.24, 2.45) is 5.92 Å². The minimum atomic E-state index is -0.153. The van der Waals surface area contributed by atoms with Gasteiger partial charge >= 0.3 is 0 Å². The van der Waals surface area contributed by atoms with Gasteiger partial charge in [-0.15, -0.1) is 0 Å². The van der Waals surface area contributed by atoms with Crippen molar-refractivity contribution < 1.29 is 9.59 Å². The molecule has 1 rings (SSSR count). The lowest BCUT2D eigenvalue weighted by Crippen LogP contribution is -2.32. The van der Waals surface area contributed by atoms with Crippen molar-refractivity contribution in [2.75, 3.05) is 6.54 Å². The van der Waals surface area contributed by atoms with Crippen molar-refractivity contribution in [3.63, 3.8) is 0 Å². The van der Waals surface area contributed by atoms with Crippen LogP contribution in [0.25, 0.3) is 0 Å². The second kappa shape index (κ2) is 5.49. The molecule has 1 aliphatic rings. The van der Waals surface area contributed by atoms with Crippen LogP contribution in [0, 0.1) is 5.92 Å². The van der Waals surface area contributed by atoms with Crippen LogP contribution >= 0.6 is 0 Å². The fourth-order valence-electron chi connectivity index (χ4n) is 1.26. The maximum absolute atomic E-state index is 11.5. The summed E-state index contributed by atoms with van der Waals surface area (Å²) < 4.78 is 0. The van der Waals surface area contributed by atoms with Gasteiger partial charge in [0.1, 0.15) is 0 Å². The molecule has 1 aliphatic carbocycles. The maximum Gasteiger partial charge on any atom is 0.251 e. The number of ketones is 1. The van der Waals surface area contributed by atoms with Crippen LogP contribution < -0.4 is 5.32 Å². The summed E-state index contributed by atoms with van der Waals surface area (Å²) >= 11 is 0. The Morgan fingerprint density at radius 2 is 2.13 bits per heavy atom. The van der Waals surface area contributed by atoms with E-state index in [0.29, 0.717) is 5.57 Å². The van der Waals surface area contributed by atoms with Crippen LogP contribution in [0.4, 0.5) is 0 Å². The number of hydrogen-bond acceptors (Lipinski definition) is 2. The molecule has 0 atom stereocenters. The second-order valence-corrected chi connectivity index (χ2v) is 3.94. The van der Waals surface area contributed by atoms with Gasteiger partial charge in [0, 0.05) is 11.5 Å². The van der Waals surface area contributed by atoms with E-state index >= 15 is 0 Å². The molecule has 0 aromatic rings. The fraction of sp³-hybridized carbons (Fsp3) is 0.500. The molecule has 0 radical (unpaired) electrons. The zero-order chi connectivity index (χ0) is 11.3. The van der Waals surface area contributed by atoms with E-state index in [9.17, 15) is 9.59 Å². The van der Waals surface area contributed by atoms with E-state index in [4.69, 9.17) is 0 Å². The van der Waals surface area contributed by atoms with E-state index in [1.54, 1.807) is 6.08 Å². The molecule has 1 amide bonds. The highest BCUT2D eigenvalue weighted by atomic mass is 16.2. The quantitative estimate of drug-likeness (QED) is 0.761. The van der Waals surface area contributed by atoms with Crippen molar-refractivity contribution in [2.45, 2.75) is 26.7 Å². The van der Waals surface area contributed by atoms with Gasteiger partial charge < -0.3 is 5.32 Å². The van der Waals surface area contributed by atoms with E-state index in [2.05, 4.69) is 5.32 Å². The van der Waals surface area contributed by atoms with Crippen LogP contribution in [-0.4, -0.2) is 18.2 Å². The molecule has 0 heterocycles. The van der Waals surface area contributed by atoms with E-state index in [-0.39, 0.29) is 24.2 Å². The monoisotopic (exact) mass is 207 g/mol. The SMILES string of the molecule is CC(C)C(=O)CNC(=O)C1=CCCC=C1. The van der Waals surface area contributed by atoms with Crippen molar-refractivity contribution in [1.29, 1.82) is 0 Å².